The van der Waals surface area contributed by atoms with Crippen LogP contribution in [0.25, 0.3) is 10.9 Å². The lowest BCUT2D eigenvalue weighted by atomic mass is 10.1. The summed E-state index contributed by atoms with van der Waals surface area (Å²) in [5.41, 5.74) is 0.373. The number of rotatable bonds is 6. The van der Waals surface area contributed by atoms with Crippen molar-refractivity contribution >= 4 is 10.9 Å². The Labute approximate surface area is 148 Å². The maximum absolute atomic E-state index is 13.0. The Bertz CT molecular complexity index is 903. The van der Waals surface area contributed by atoms with Crippen molar-refractivity contribution in [1.82, 2.24) is 25.2 Å². The SMILES string of the molecule is OC(C(F)F)C(c1ccc2cc(OCC(F)(F)F)ccc2n1)n1cnnn1. The molecule has 3 rings (SSSR count). The van der Waals surface area contributed by atoms with Crippen LogP contribution in [0.4, 0.5) is 22.0 Å². The Balaban J connectivity index is 1.93. The third-order valence-electron chi connectivity index (χ3n) is 3.62. The number of hydrogen-bond acceptors (Lipinski definition) is 6. The molecule has 7 nitrogen and oxygen atoms in total. The van der Waals surface area contributed by atoms with Gasteiger partial charge in [0.2, 0.25) is 0 Å². The second-order valence-corrected chi connectivity index (χ2v) is 5.55. The molecule has 0 aliphatic rings. The normalized spacial score (nSPS) is 14.5. The molecule has 0 amide bonds. The average molecular weight is 389 g/mol. The first-order valence-corrected chi connectivity index (χ1v) is 7.53. The zero-order valence-corrected chi connectivity index (χ0v) is 13.4. The zero-order valence-electron chi connectivity index (χ0n) is 13.4. The Hall–Kier alpha value is -2.89. The van der Waals surface area contributed by atoms with Crippen molar-refractivity contribution in [2.24, 2.45) is 0 Å². The van der Waals surface area contributed by atoms with Crippen molar-refractivity contribution in [1.29, 1.82) is 0 Å². The number of alkyl halides is 5. The topological polar surface area (TPSA) is 86.0 Å². The second-order valence-electron chi connectivity index (χ2n) is 5.55. The number of aliphatic hydroxyl groups excluding tert-OH is 1. The van der Waals surface area contributed by atoms with Gasteiger partial charge in [-0.05, 0) is 34.7 Å². The summed E-state index contributed by atoms with van der Waals surface area (Å²) >= 11 is 0. The van der Waals surface area contributed by atoms with Crippen molar-refractivity contribution in [2.45, 2.75) is 24.7 Å². The van der Waals surface area contributed by atoms with Crippen LogP contribution in [-0.4, -0.2) is 55.6 Å². The fourth-order valence-corrected chi connectivity index (χ4v) is 2.44. The van der Waals surface area contributed by atoms with Crippen molar-refractivity contribution in [3.63, 3.8) is 0 Å². The summed E-state index contributed by atoms with van der Waals surface area (Å²) < 4.78 is 68.4. The van der Waals surface area contributed by atoms with Crippen LogP contribution in [0.1, 0.15) is 11.7 Å². The number of pyridine rings is 1. The number of halogens is 5. The fraction of sp³-hybridized carbons (Fsp3) is 0.333. The van der Waals surface area contributed by atoms with Crippen molar-refractivity contribution in [3.8, 4) is 5.75 Å². The number of nitrogens with zero attached hydrogens (tertiary/aromatic N) is 5. The number of tetrazole rings is 1. The number of benzene rings is 1. The van der Waals surface area contributed by atoms with E-state index in [1.165, 1.54) is 30.3 Å². The molecule has 0 aliphatic heterocycles. The minimum absolute atomic E-state index is 0.0148. The van der Waals surface area contributed by atoms with Gasteiger partial charge in [-0.3, -0.25) is 4.98 Å². The molecule has 2 unspecified atom stereocenters. The number of hydrogen-bond donors (Lipinski definition) is 1. The van der Waals surface area contributed by atoms with Gasteiger partial charge in [0.15, 0.2) is 6.61 Å². The first-order chi connectivity index (χ1) is 12.7. The van der Waals surface area contributed by atoms with Gasteiger partial charge in [0.1, 0.15) is 24.2 Å². The predicted octanol–water partition coefficient (Wildman–Crippen LogP) is 2.38. The molecule has 144 valence electrons. The van der Waals surface area contributed by atoms with Crippen molar-refractivity contribution in [2.75, 3.05) is 6.61 Å². The molecule has 2 heterocycles. The maximum atomic E-state index is 13.0. The van der Waals surface area contributed by atoms with Gasteiger partial charge in [0.25, 0.3) is 6.43 Å². The molecule has 2 aromatic heterocycles. The smallest absolute Gasteiger partial charge is 0.422 e. The highest BCUT2D eigenvalue weighted by Crippen LogP contribution is 2.27. The number of aliphatic hydroxyl groups is 1. The second kappa shape index (κ2) is 7.39. The molecule has 1 aromatic carbocycles. The van der Waals surface area contributed by atoms with Gasteiger partial charge < -0.3 is 9.84 Å². The van der Waals surface area contributed by atoms with E-state index in [9.17, 15) is 27.1 Å². The van der Waals surface area contributed by atoms with Crippen LogP contribution < -0.4 is 4.74 Å². The summed E-state index contributed by atoms with van der Waals surface area (Å²) in [7, 11) is 0. The molecule has 1 N–H and O–H groups in total. The predicted molar refractivity (Wildman–Crippen MR) is 81.3 cm³/mol. The largest absolute Gasteiger partial charge is 0.484 e. The Morgan fingerprint density at radius 3 is 2.56 bits per heavy atom. The van der Waals surface area contributed by atoms with Crippen LogP contribution in [0.2, 0.25) is 0 Å². The highest BCUT2D eigenvalue weighted by Gasteiger charge is 2.33. The van der Waals surface area contributed by atoms with Gasteiger partial charge in [-0.2, -0.15) is 13.2 Å². The fourth-order valence-electron chi connectivity index (χ4n) is 2.44. The van der Waals surface area contributed by atoms with E-state index in [4.69, 9.17) is 0 Å². The van der Waals surface area contributed by atoms with E-state index in [2.05, 4.69) is 25.2 Å². The molecular formula is C15H12F5N5O2. The van der Waals surface area contributed by atoms with Crippen molar-refractivity contribution < 1.29 is 31.8 Å². The molecule has 27 heavy (non-hydrogen) atoms. The van der Waals surface area contributed by atoms with Crippen molar-refractivity contribution in [3.05, 3.63) is 42.4 Å². The van der Waals surface area contributed by atoms with Crippen LogP contribution in [0.3, 0.4) is 0 Å². The number of ether oxygens (including phenoxy) is 1. The zero-order chi connectivity index (χ0) is 19.6. The first-order valence-electron chi connectivity index (χ1n) is 7.53. The monoisotopic (exact) mass is 389 g/mol. The molecule has 0 aliphatic carbocycles. The van der Waals surface area contributed by atoms with E-state index >= 15 is 0 Å². The summed E-state index contributed by atoms with van der Waals surface area (Å²) in [6.45, 7) is -1.44. The standard InChI is InChI=1S/C15H12F5N5O2/c16-14(17)13(26)12(25-7-21-23-24-25)11-3-1-8-5-9(2-4-10(8)22-11)27-6-15(18,19)20/h1-5,7,12-14,26H,6H2. The van der Waals surface area contributed by atoms with Crippen LogP contribution >= 0.6 is 0 Å². The lowest BCUT2D eigenvalue weighted by Crippen LogP contribution is -2.32. The van der Waals surface area contributed by atoms with Gasteiger partial charge in [-0.25, -0.2) is 13.5 Å². The Kier molecular flexibility index (Phi) is 5.17. The summed E-state index contributed by atoms with van der Waals surface area (Å²) in [5.74, 6) is -0.0148. The molecule has 0 saturated heterocycles. The average Bonchev–Trinajstić information content (AvgIpc) is 3.13. The van der Waals surface area contributed by atoms with Crippen LogP contribution in [-0.2, 0) is 0 Å². The van der Waals surface area contributed by atoms with E-state index in [0.717, 1.165) is 11.0 Å². The molecule has 12 heteroatoms. The summed E-state index contributed by atoms with van der Waals surface area (Å²) in [4.78, 5) is 4.20. The summed E-state index contributed by atoms with van der Waals surface area (Å²) in [6, 6.07) is 5.48. The molecule has 0 radical (unpaired) electrons. The minimum atomic E-state index is -4.47. The van der Waals surface area contributed by atoms with E-state index in [1.54, 1.807) is 0 Å². The first kappa shape index (κ1) is 18.9. The molecule has 0 fully saturated rings. The van der Waals surface area contributed by atoms with E-state index in [0.29, 0.717) is 10.9 Å². The van der Waals surface area contributed by atoms with Gasteiger partial charge in [0, 0.05) is 5.39 Å². The molecule has 0 bridgehead atoms. The highest BCUT2D eigenvalue weighted by molar-refractivity contribution is 5.80. The van der Waals surface area contributed by atoms with E-state index < -0.39 is 31.4 Å². The Morgan fingerprint density at radius 2 is 1.93 bits per heavy atom. The molecule has 0 saturated carbocycles. The van der Waals surface area contributed by atoms with Crippen LogP contribution in [0.15, 0.2) is 36.7 Å². The van der Waals surface area contributed by atoms with Gasteiger partial charge in [-0.15, -0.1) is 5.10 Å². The molecular weight excluding hydrogens is 377 g/mol. The third kappa shape index (κ3) is 4.45. The molecule has 2 atom stereocenters. The van der Waals surface area contributed by atoms with E-state index in [-0.39, 0.29) is 11.4 Å². The maximum Gasteiger partial charge on any atom is 0.422 e. The summed E-state index contributed by atoms with van der Waals surface area (Å²) in [6.07, 6.45) is -8.60. The van der Waals surface area contributed by atoms with Gasteiger partial charge in [0.05, 0.1) is 11.2 Å². The quantitative estimate of drug-likeness (QED) is 0.652. The van der Waals surface area contributed by atoms with Crippen LogP contribution in [0, 0.1) is 0 Å². The van der Waals surface area contributed by atoms with Gasteiger partial charge in [-0.1, -0.05) is 6.07 Å². The minimum Gasteiger partial charge on any atom is -0.484 e. The number of fused-ring (bicyclic) bond motifs is 1. The highest BCUT2D eigenvalue weighted by atomic mass is 19.4. The molecule has 0 spiro atoms. The molecule has 3 aromatic rings. The van der Waals surface area contributed by atoms with E-state index in [1.807, 2.05) is 0 Å². The lowest BCUT2D eigenvalue weighted by molar-refractivity contribution is -0.153. The van der Waals surface area contributed by atoms with Gasteiger partial charge >= 0.3 is 6.18 Å². The summed E-state index contributed by atoms with van der Waals surface area (Å²) in [5, 5.41) is 20.5. The lowest BCUT2D eigenvalue weighted by Gasteiger charge is -2.21. The number of aromatic nitrogens is 5. The van der Waals surface area contributed by atoms with Crippen LogP contribution in [0.5, 0.6) is 5.75 Å². The Morgan fingerprint density at radius 1 is 1.15 bits per heavy atom. The third-order valence-corrected chi connectivity index (χ3v) is 3.62.